The number of pyridine rings is 1. The van der Waals surface area contributed by atoms with Gasteiger partial charge in [0.25, 0.3) is 5.91 Å². The van der Waals surface area contributed by atoms with Crippen molar-refractivity contribution in [1.82, 2.24) is 10.0 Å². The van der Waals surface area contributed by atoms with Gasteiger partial charge in [-0.3, -0.25) is 10.0 Å². The largest absolute Gasteiger partial charge is 0.492 e. The topological polar surface area (TPSA) is 71.9 Å². The summed E-state index contributed by atoms with van der Waals surface area (Å²) in [6.07, 6.45) is -5.49. The molecule has 0 saturated carbocycles. The summed E-state index contributed by atoms with van der Waals surface area (Å²) < 4.78 is 48.0. The predicted octanol–water partition coefficient (Wildman–Crippen LogP) is 4.48. The minimum atomic E-state index is -4.36. The first-order valence-corrected chi connectivity index (χ1v) is 9.11. The van der Waals surface area contributed by atoms with Crippen molar-refractivity contribution in [2.75, 3.05) is 19.8 Å². The number of rotatable bonds is 8. The van der Waals surface area contributed by atoms with E-state index in [1.165, 1.54) is 6.07 Å². The number of nitrogens with zero attached hydrogens (tertiary/aromatic N) is 2. The number of alkyl halides is 3. The second-order valence-electron chi connectivity index (χ2n) is 6.33. The quantitative estimate of drug-likeness (QED) is 0.430. The zero-order valence-electron chi connectivity index (χ0n) is 15.8. The van der Waals surface area contributed by atoms with Crippen LogP contribution in [0.3, 0.4) is 0 Å². The van der Waals surface area contributed by atoms with Crippen LogP contribution in [-0.4, -0.2) is 47.1 Å². The molecule has 3 rings (SSSR count). The molecule has 0 bridgehead atoms. The van der Waals surface area contributed by atoms with Crippen molar-refractivity contribution < 1.29 is 32.6 Å². The van der Waals surface area contributed by atoms with Gasteiger partial charge in [-0.25, -0.2) is 10.0 Å². The fourth-order valence-electron chi connectivity index (χ4n) is 2.65. The van der Waals surface area contributed by atoms with Crippen molar-refractivity contribution in [3.8, 4) is 11.5 Å². The van der Waals surface area contributed by atoms with Gasteiger partial charge in [-0.15, -0.1) is 0 Å². The summed E-state index contributed by atoms with van der Waals surface area (Å²) in [5.41, 5.74) is 0.206. The maximum Gasteiger partial charge on any atom is 0.392 e. The minimum absolute atomic E-state index is 0.0365. The van der Waals surface area contributed by atoms with Gasteiger partial charge in [-0.05, 0) is 24.3 Å². The van der Waals surface area contributed by atoms with Gasteiger partial charge in [0.05, 0.1) is 25.1 Å². The van der Waals surface area contributed by atoms with Gasteiger partial charge in [0.1, 0.15) is 23.8 Å². The van der Waals surface area contributed by atoms with Crippen molar-refractivity contribution in [1.29, 1.82) is 0 Å². The van der Waals surface area contributed by atoms with Crippen LogP contribution < -0.4 is 9.47 Å². The molecule has 30 heavy (non-hydrogen) atoms. The average molecular weight is 420 g/mol. The molecule has 1 amide bonds. The number of fused-ring (bicyclic) bond motifs is 1. The Morgan fingerprint density at radius 2 is 1.70 bits per heavy atom. The molecule has 158 valence electrons. The number of hydrogen-bond acceptors (Lipinski definition) is 5. The third kappa shape index (κ3) is 5.84. The summed E-state index contributed by atoms with van der Waals surface area (Å²) in [5.74, 6) is -0.150. The highest BCUT2D eigenvalue weighted by atomic mass is 19.4. The molecule has 0 aliphatic rings. The Bertz CT molecular complexity index is 996. The highest BCUT2D eigenvalue weighted by Gasteiger charge is 2.27. The number of halogens is 3. The number of hydrogen-bond donors (Lipinski definition) is 1. The molecule has 0 fully saturated rings. The first-order chi connectivity index (χ1) is 14.3. The molecule has 0 atom stereocenters. The van der Waals surface area contributed by atoms with Crippen LogP contribution in [0.1, 0.15) is 16.9 Å². The van der Waals surface area contributed by atoms with Crippen LogP contribution in [-0.2, 0) is 0 Å². The van der Waals surface area contributed by atoms with Gasteiger partial charge in [0, 0.05) is 11.5 Å². The summed E-state index contributed by atoms with van der Waals surface area (Å²) in [5, 5.41) is 11.0. The maximum atomic E-state index is 12.5. The molecule has 0 aliphatic heterocycles. The Balaban J connectivity index is 1.71. The minimum Gasteiger partial charge on any atom is -0.492 e. The van der Waals surface area contributed by atoms with Crippen LogP contribution in [0.2, 0.25) is 0 Å². The molecule has 1 N–H and O–H groups in total. The smallest absolute Gasteiger partial charge is 0.392 e. The molecule has 1 heterocycles. The van der Waals surface area contributed by atoms with E-state index in [9.17, 15) is 23.2 Å². The summed E-state index contributed by atoms with van der Waals surface area (Å²) in [4.78, 5) is 16.7. The molecule has 0 spiro atoms. The van der Waals surface area contributed by atoms with Crippen LogP contribution in [0.5, 0.6) is 11.5 Å². The highest BCUT2D eigenvalue weighted by molar-refractivity contribution is 5.96. The van der Waals surface area contributed by atoms with E-state index in [0.29, 0.717) is 21.7 Å². The summed E-state index contributed by atoms with van der Waals surface area (Å²) in [6, 6.07) is 16.7. The lowest BCUT2D eigenvalue weighted by atomic mass is 10.1. The van der Waals surface area contributed by atoms with Crippen LogP contribution in [0, 0.1) is 0 Å². The first-order valence-electron chi connectivity index (χ1n) is 9.11. The highest BCUT2D eigenvalue weighted by Crippen LogP contribution is 2.27. The van der Waals surface area contributed by atoms with Crippen LogP contribution in [0.15, 0.2) is 60.7 Å². The van der Waals surface area contributed by atoms with E-state index in [1.54, 1.807) is 48.5 Å². The van der Waals surface area contributed by atoms with Gasteiger partial charge in [0.15, 0.2) is 0 Å². The maximum absolute atomic E-state index is 12.5. The van der Waals surface area contributed by atoms with Crippen LogP contribution in [0.25, 0.3) is 10.9 Å². The average Bonchev–Trinajstić information content (AvgIpc) is 2.72. The Hall–Kier alpha value is -3.33. The number of carbonyl (C=O) groups excluding carboxylic acids is 1. The molecule has 0 unspecified atom stereocenters. The van der Waals surface area contributed by atoms with Gasteiger partial charge >= 0.3 is 6.18 Å². The molecule has 9 heteroatoms. The first kappa shape index (κ1) is 21.4. The van der Waals surface area contributed by atoms with Crippen LogP contribution >= 0.6 is 0 Å². The number of aromatic nitrogens is 1. The van der Waals surface area contributed by atoms with E-state index in [-0.39, 0.29) is 24.6 Å². The molecule has 0 aliphatic carbocycles. The Labute approximate surface area is 170 Å². The number of amides is 1. The van der Waals surface area contributed by atoms with E-state index in [1.807, 2.05) is 6.07 Å². The number of ether oxygens (including phenoxy) is 2. The normalized spacial score (nSPS) is 11.3. The Kier molecular flexibility index (Phi) is 6.73. The Morgan fingerprint density at radius 1 is 1.00 bits per heavy atom. The van der Waals surface area contributed by atoms with Crippen molar-refractivity contribution in [2.24, 2.45) is 0 Å². The van der Waals surface area contributed by atoms with E-state index >= 15 is 0 Å². The number of para-hydroxylation sites is 2. The molecule has 3 aromatic rings. The fraction of sp³-hybridized carbons (Fsp3) is 0.238. The van der Waals surface area contributed by atoms with E-state index in [4.69, 9.17) is 9.47 Å². The zero-order chi connectivity index (χ0) is 21.6. The fourth-order valence-corrected chi connectivity index (χ4v) is 2.65. The molecule has 0 saturated heterocycles. The second kappa shape index (κ2) is 9.45. The van der Waals surface area contributed by atoms with E-state index in [2.05, 4.69) is 4.98 Å². The van der Waals surface area contributed by atoms with Crippen LogP contribution in [0.4, 0.5) is 13.2 Å². The van der Waals surface area contributed by atoms with Gasteiger partial charge < -0.3 is 9.47 Å². The lowest BCUT2D eigenvalue weighted by Gasteiger charge is -2.17. The lowest BCUT2D eigenvalue weighted by Crippen LogP contribution is -2.32. The molecular weight excluding hydrogens is 401 g/mol. The number of benzene rings is 2. The third-order valence-electron chi connectivity index (χ3n) is 4.09. The van der Waals surface area contributed by atoms with Gasteiger partial charge in [0.2, 0.25) is 0 Å². The lowest BCUT2D eigenvalue weighted by molar-refractivity contribution is -0.139. The van der Waals surface area contributed by atoms with Crippen molar-refractivity contribution >= 4 is 16.8 Å². The number of hydroxylamine groups is 2. The van der Waals surface area contributed by atoms with Crippen molar-refractivity contribution in [3.63, 3.8) is 0 Å². The molecular formula is C21H19F3N2O4. The summed E-state index contributed by atoms with van der Waals surface area (Å²) in [7, 11) is 0. The summed E-state index contributed by atoms with van der Waals surface area (Å²) >= 11 is 0. The Morgan fingerprint density at radius 3 is 2.43 bits per heavy atom. The predicted molar refractivity (Wildman–Crippen MR) is 103 cm³/mol. The number of carbonyl (C=O) groups is 1. The molecule has 6 nitrogen and oxygen atoms in total. The van der Waals surface area contributed by atoms with Gasteiger partial charge in [-0.1, -0.05) is 30.3 Å². The van der Waals surface area contributed by atoms with E-state index in [0.717, 1.165) is 0 Å². The SMILES string of the molecule is O=C(c1cc(OCCC(F)(F)F)c2ccccc2n1)N(O)CCOc1ccccc1. The summed E-state index contributed by atoms with van der Waals surface area (Å²) in [6.45, 7) is -0.694. The second-order valence-corrected chi connectivity index (χ2v) is 6.33. The molecule has 2 aromatic carbocycles. The monoisotopic (exact) mass is 420 g/mol. The zero-order valence-corrected chi connectivity index (χ0v) is 15.8. The third-order valence-corrected chi connectivity index (χ3v) is 4.09. The molecule has 1 aromatic heterocycles. The standard InChI is InChI=1S/C21H19F3N2O4/c22-21(23,24)10-12-30-19-14-18(25-17-9-5-4-8-16(17)19)20(27)26(28)11-13-29-15-6-2-1-3-7-15/h1-9,14,28H,10-13H2. The van der Waals surface area contributed by atoms with Crippen molar-refractivity contribution in [2.45, 2.75) is 12.6 Å². The van der Waals surface area contributed by atoms with Crippen molar-refractivity contribution in [3.05, 3.63) is 66.4 Å². The van der Waals surface area contributed by atoms with Gasteiger partial charge in [-0.2, -0.15) is 13.2 Å². The van der Waals surface area contributed by atoms with E-state index < -0.39 is 25.1 Å². The molecule has 0 radical (unpaired) electrons.